The third kappa shape index (κ3) is 6.48. The van der Waals surface area contributed by atoms with Gasteiger partial charge in [-0.15, -0.1) is 0 Å². The van der Waals surface area contributed by atoms with Gasteiger partial charge in [0.1, 0.15) is 18.1 Å². The lowest BCUT2D eigenvalue weighted by molar-refractivity contribution is -0.0552. The summed E-state index contributed by atoms with van der Waals surface area (Å²) >= 11 is 5.94. The molecule has 0 bridgehead atoms. The summed E-state index contributed by atoms with van der Waals surface area (Å²) in [6, 6.07) is 7.61. The molecule has 3 unspecified atom stereocenters. The number of aliphatic hydroxyl groups is 3. The van der Waals surface area contributed by atoms with E-state index in [0.29, 0.717) is 11.6 Å². The van der Waals surface area contributed by atoms with Crippen LogP contribution in [-0.2, 0) is 18.2 Å². The van der Waals surface area contributed by atoms with Crippen molar-refractivity contribution >= 4 is 22.6 Å². The zero-order valence-corrected chi connectivity index (χ0v) is 19.3. The van der Waals surface area contributed by atoms with Crippen LogP contribution in [0, 0.1) is 6.92 Å². The lowest BCUT2D eigenvalue weighted by Crippen LogP contribution is -2.32. The number of nitrogens with zero attached hydrogens (tertiary/aromatic N) is 3. The zero-order chi connectivity index (χ0) is 23.0. The van der Waals surface area contributed by atoms with Crippen molar-refractivity contribution in [2.24, 2.45) is 7.05 Å². The molecule has 0 radical (unpaired) electrons. The number of benzene rings is 1. The molecule has 0 saturated heterocycles. The number of ether oxygens (including phenoxy) is 1. The van der Waals surface area contributed by atoms with E-state index in [0.717, 1.165) is 34.3 Å². The molecule has 3 atom stereocenters. The van der Waals surface area contributed by atoms with E-state index in [1.165, 1.54) is 0 Å². The third-order valence-corrected chi connectivity index (χ3v) is 5.33. The van der Waals surface area contributed by atoms with Crippen LogP contribution in [-0.4, -0.2) is 55.3 Å². The smallest absolute Gasteiger partial charge is 0.143 e. The Kier molecular flexibility index (Phi) is 9.87. The fraction of sp³-hybridized carbons (Fsp3) is 0.478. The van der Waals surface area contributed by atoms with E-state index in [-0.39, 0.29) is 12.5 Å². The largest absolute Gasteiger partial charge is 0.394 e. The minimum absolute atomic E-state index is 0.260. The minimum atomic E-state index is -1.13. The van der Waals surface area contributed by atoms with Gasteiger partial charge in [0.25, 0.3) is 0 Å². The molecule has 0 saturated carbocycles. The Morgan fingerprint density at radius 1 is 1.19 bits per heavy atom. The molecular formula is C23H32ClN3O4. The number of aryl methyl sites for hydroxylation is 2. The average molecular weight is 450 g/mol. The maximum atomic E-state index is 9.73. The topological polar surface area (TPSA) is 101 Å². The van der Waals surface area contributed by atoms with Gasteiger partial charge in [-0.1, -0.05) is 31.5 Å². The van der Waals surface area contributed by atoms with Crippen LogP contribution < -0.4 is 0 Å². The Labute approximate surface area is 188 Å². The van der Waals surface area contributed by atoms with E-state index in [4.69, 9.17) is 21.4 Å². The summed E-state index contributed by atoms with van der Waals surface area (Å²) in [5, 5.41) is 29.7. The van der Waals surface area contributed by atoms with Crippen molar-refractivity contribution < 1.29 is 20.1 Å². The maximum absolute atomic E-state index is 9.73. The highest BCUT2D eigenvalue weighted by atomic mass is 35.5. The maximum Gasteiger partial charge on any atom is 0.143 e. The molecule has 1 aromatic carbocycles. The van der Waals surface area contributed by atoms with E-state index in [1.54, 1.807) is 12.4 Å². The van der Waals surface area contributed by atoms with Crippen molar-refractivity contribution in [3.63, 3.8) is 0 Å². The highest BCUT2D eigenvalue weighted by Crippen LogP contribution is 2.32. The summed E-state index contributed by atoms with van der Waals surface area (Å²) in [7, 11) is 1.98. The monoisotopic (exact) mass is 449 g/mol. The molecule has 3 heterocycles. The predicted molar refractivity (Wildman–Crippen MR) is 122 cm³/mol. The lowest BCUT2D eigenvalue weighted by Gasteiger charge is -2.29. The van der Waals surface area contributed by atoms with E-state index in [2.05, 4.69) is 9.97 Å². The molecule has 1 aliphatic heterocycles. The van der Waals surface area contributed by atoms with Crippen LogP contribution in [0.15, 0.2) is 36.8 Å². The van der Waals surface area contributed by atoms with Crippen molar-refractivity contribution in [3.05, 3.63) is 58.6 Å². The van der Waals surface area contributed by atoms with E-state index in [1.807, 2.05) is 56.8 Å². The normalized spacial score (nSPS) is 17.0. The third-order valence-electron chi connectivity index (χ3n) is 5.09. The first kappa shape index (κ1) is 25.2. The summed E-state index contributed by atoms with van der Waals surface area (Å²) in [6.07, 6.45) is 2.25. The molecular weight excluding hydrogens is 418 g/mol. The molecule has 0 amide bonds. The second-order valence-corrected chi connectivity index (χ2v) is 7.56. The molecule has 4 rings (SSSR count). The van der Waals surface area contributed by atoms with Gasteiger partial charge in [-0.2, -0.15) is 0 Å². The van der Waals surface area contributed by atoms with E-state index >= 15 is 0 Å². The molecule has 0 fully saturated rings. The lowest BCUT2D eigenvalue weighted by atomic mass is 9.93. The summed E-state index contributed by atoms with van der Waals surface area (Å²) in [5.74, 6) is 0. The predicted octanol–water partition coefficient (Wildman–Crippen LogP) is 3.36. The van der Waals surface area contributed by atoms with Gasteiger partial charge < -0.3 is 24.6 Å². The number of fused-ring (bicyclic) bond motifs is 2. The second-order valence-electron chi connectivity index (χ2n) is 7.13. The Morgan fingerprint density at radius 3 is 2.61 bits per heavy atom. The summed E-state index contributed by atoms with van der Waals surface area (Å²) < 4.78 is 7.60. The number of aliphatic hydroxyl groups excluding tert-OH is 3. The summed E-state index contributed by atoms with van der Waals surface area (Å²) in [5.41, 5.74) is 4.15. The standard InChI is InChI=1S/C13H17ClO4.C8H9N3.C2H6/c14-9-1-2-10-8(5-9)3-4-18-13(10)6-11(16)12(17)7-15;1-6-7-3-4-11(2)8(7)10-5-9-6;1-2/h1-2,5,11-13,15-17H,3-4,6-7H2;3-5H,1-2H3;1-2H3. The van der Waals surface area contributed by atoms with Crippen molar-refractivity contribution in [3.8, 4) is 0 Å². The molecule has 3 aromatic rings. The summed E-state index contributed by atoms with van der Waals surface area (Å²) in [6.45, 7) is 6.10. The molecule has 2 aromatic heterocycles. The molecule has 31 heavy (non-hydrogen) atoms. The van der Waals surface area contributed by atoms with Gasteiger partial charge >= 0.3 is 0 Å². The molecule has 3 N–H and O–H groups in total. The van der Waals surface area contributed by atoms with Crippen LogP contribution in [0.25, 0.3) is 11.0 Å². The Balaban J connectivity index is 0.000000224. The highest BCUT2D eigenvalue weighted by molar-refractivity contribution is 6.30. The van der Waals surface area contributed by atoms with E-state index < -0.39 is 18.8 Å². The van der Waals surface area contributed by atoms with Crippen molar-refractivity contribution in [2.75, 3.05) is 13.2 Å². The molecule has 0 spiro atoms. The first-order valence-corrected chi connectivity index (χ1v) is 10.9. The van der Waals surface area contributed by atoms with E-state index in [9.17, 15) is 10.2 Å². The number of hydrogen-bond donors (Lipinski definition) is 3. The van der Waals surface area contributed by atoms with Crippen LogP contribution in [0.2, 0.25) is 5.02 Å². The summed E-state index contributed by atoms with van der Waals surface area (Å²) in [4.78, 5) is 8.25. The fourth-order valence-electron chi connectivity index (χ4n) is 3.40. The van der Waals surface area contributed by atoms with Crippen LogP contribution in [0.5, 0.6) is 0 Å². The molecule has 1 aliphatic rings. The van der Waals surface area contributed by atoms with Gasteiger partial charge in [0, 0.05) is 30.1 Å². The molecule has 170 valence electrons. The van der Waals surface area contributed by atoms with Crippen LogP contribution in [0.3, 0.4) is 0 Å². The Hall–Kier alpha value is -2.03. The number of hydrogen-bond acceptors (Lipinski definition) is 6. The molecule has 0 aliphatic carbocycles. The zero-order valence-electron chi connectivity index (χ0n) is 18.5. The highest BCUT2D eigenvalue weighted by Gasteiger charge is 2.26. The van der Waals surface area contributed by atoms with Gasteiger partial charge in [0.05, 0.1) is 31.1 Å². The molecule has 8 heteroatoms. The Bertz CT molecular complexity index is 963. The van der Waals surface area contributed by atoms with Crippen molar-refractivity contribution in [2.45, 2.75) is 51.9 Å². The first-order valence-electron chi connectivity index (χ1n) is 10.5. The number of aromatic nitrogens is 3. The van der Waals surface area contributed by atoms with Gasteiger partial charge in [-0.3, -0.25) is 0 Å². The van der Waals surface area contributed by atoms with Gasteiger partial charge in [-0.25, -0.2) is 9.97 Å². The average Bonchev–Trinajstić information content (AvgIpc) is 3.17. The van der Waals surface area contributed by atoms with Crippen LogP contribution >= 0.6 is 11.6 Å². The van der Waals surface area contributed by atoms with Gasteiger partial charge in [0.15, 0.2) is 0 Å². The fourth-order valence-corrected chi connectivity index (χ4v) is 3.60. The SMILES string of the molecule is CC.Cc1ncnc2c1ccn2C.OCC(O)C(O)CC1OCCc2cc(Cl)ccc21. The van der Waals surface area contributed by atoms with Crippen molar-refractivity contribution in [1.29, 1.82) is 0 Å². The first-order chi connectivity index (χ1) is 14.9. The van der Waals surface area contributed by atoms with Crippen LogP contribution in [0.4, 0.5) is 0 Å². The number of rotatable bonds is 4. The quantitative estimate of drug-likeness (QED) is 0.564. The minimum Gasteiger partial charge on any atom is -0.394 e. The van der Waals surface area contributed by atoms with Gasteiger partial charge in [0.2, 0.25) is 0 Å². The van der Waals surface area contributed by atoms with Crippen molar-refractivity contribution in [1.82, 2.24) is 14.5 Å². The number of halogens is 1. The second kappa shape index (κ2) is 12.1. The van der Waals surface area contributed by atoms with Gasteiger partial charge in [-0.05, 0) is 42.7 Å². The molecule has 7 nitrogen and oxygen atoms in total. The van der Waals surface area contributed by atoms with Crippen LogP contribution in [0.1, 0.15) is 43.2 Å². The Morgan fingerprint density at radius 2 is 1.94 bits per heavy atom.